The fraction of sp³-hybridized carbons (Fsp3) is 0.467. The second-order valence-corrected chi connectivity index (χ2v) is 5.27. The van der Waals surface area contributed by atoms with Gasteiger partial charge in [0.15, 0.2) is 0 Å². The predicted molar refractivity (Wildman–Crippen MR) is 74.9 cm³/mol. The molecular formula is C15H20N2O3. The van der Waals surface area contributed by atoms with Crippen LogP contribution in [0.1, 0.15) is 18.9 Å². The average Bonchev–Trinajstić information content (AvgIpc) is 2.74. The Balaban J connectivity index is 2.12. The van der Waals surface area contributed by atoms with E-state index >= 15 is 0 Å². The molecule has 20 heavy (non-hydrogen) atoms. The van der Waals surface area contributed by atoms with Gasteiger partial charge in [-0.15, -0.1) is 0 Å². The lowest BCUT2D eigenvalue weighted by molar-refractivity contribution is -0.151. The highest BCUT2D eigenvalue weighted by Crippen LogP contribution is 2.26. The van der Waals surface area contributed by atoms with Gasteiger partial charge in [-0.05, 0) is 25.3 Å². The van der Waals surface area contributed by atoms with Crippen LogP contribution in [0, 0.1) is 0 Å². The fourth-order valence-electron chi connectivity index (χ4n) is 2.61. The SMILES string of the molecule is COC(=O)[C@H](C)N1CC[C@@](N)(Cc2ccccc2)C1=O. The van der Waals surface area contributed by atoms with E-state index in [0.29, 0.717) is 19.4 Å². The maximum absolute atomic E-state index is 12.5. The Bertz CT molecular complexity index is 503. The summed E-state index contributed by atoms with van der Waals surface area (Å²) in [7, 11) is 1.32. The lowest BCUT2D eigenvalue weighted by Crippen LogP contribution is -2.52. The number of nitrogens with zero attached hydrogens (tertiary/aromatic N) is 1. The van der Waals surface area contributed by atoms with E-state index < -0.39 is 17.6 Å². The van der Waals surface area contributed by atoms with Crippen molar-refractivity contribution in [1.82, 2.24) is 4.90 Å². The molecule has 1 saturated heterocycles. The molecule has 0 spiro atoms. The number of carbonyl (C=O) groups is 2. The topological polar surface area (TPSA) is 72.6 Å². The van der Waals surface area contributed by atoms with Gasteiger partial charge in [0.2, 0.25) is 5.91 Å². The Labute approximate surface area is 118 Å². The predicted octanol–water partition coefficient (Wildman–Crippen LogP) is 0.720. The number of methoxy groups -OCH3 is 1. The van der Waals surface area contributed by atoms with Gasteiger partial charge in [-0.25, -0.2) is 4.79 Å². The Morgan fingerprint density at radius 2 is 2.10 bits per heavy atom. The number of carbonyl (C=O) groups excluding carboxylic acids is 2. The summed E-state index contributed by atoms with van der Waals surface area (Å²) in [6.45, 7) is 2.15. The van der Waals surface area contributed by atoms with E-state index in [1.165, 1.54) is 12.0 Å². The number of hydrogen-bond acceptors (Lipinski definition) is 4. The summed E-state index contributed by atoms with van der Waals surface area (Å²) in [5.74, 6) is -0.596. The molecule has 2 atom stereocenters. The molecule has 2 rings (SSSR count). The standard InChI is InChI=1S/C15H20N2O3/c1-11(13(18)20-2)17-9-8-15(16,14(17)19)10-12-6-4-3-5-7-12/h3-7,11H,8-10,16H2,1-2H3/t11-,15+/m0/s1. The molecule has 0 unspecified atom stereocenters. The van der Waals surface area contributed by atoms with Gasteiger partial charge in [0.25, 0.3) is 0 Å². The van der Waals surface area contributed by atoms with Gasteiger partial charge in [-0.3, -0.25) is 4.79 Å². The van der Waals surface area contributed by atoms with E-state index in [1.54, 1.807) is 6.92 Å². The molecule has 1 heterocycles. The molecule has 0 radical (unpaired) electrons. The first-order valence-corrected chi connectivity index (χ1v) is 6.69. The van der Waals surface area contributed by atoms with Crippen molar-refractivity contribution in [2.45, 2.75) is 31.3 Å². The van der Waals surface area contributed by atoms with Crippen molar-refractivity contribution in [1.29, 1.82) is 0 Å². The monoisotopic (exact) mass is 276 g/mol. The first kappa shape index (κ1) is 14.5. The van der Waals surface area contributed by atoms with Crippen LogP contribution in [-0.2, 0) is 20.7 Å². The minimum Gasteiger partial charge on any atom is -0.467 e. The molecule has 1 aromatic rings. The molecule has 1 fully saturated rings. The Kier molecular flexibility index (Phi) is 4.09. The molecule has 2 N–H and O–H groups in total. The zero-order valence-corrected chi connectivity index (χ0v) is 11.8. The van der Waals surface area contributed by atoms with Crippen LogP contribution in [0.2, 0.25) is 0 Å². The highest BCUT2D eigenvalue weighted by Gasteiger charge is 2.46. The molecule has 1 amide bonds. The maximum atomic E-state index is 12.5. The van der Waals surface area contributed by atoms with Gasteiger partial charge in [-0.1, -0.05) is 30.3 Å². The van der Waals surface area contributed by atoms with Crippen molar-refractivity contribution in [2.24, 2.45) is 5.73 Å². The van der Waals surface area contributed by atoms with Crippen LogP contribution in [0.3, 0.4) is 0 Å². The number of benzene rings is 1. The summed E-state index contributed by atoms with van der Waals surface area (Å²) in [4.78, 5) is 25.6. The minimum atomic E-state index is -0.927. The Morgan fingerprint density at radius 3 is 2.70 bits per heavy atom. The number of ether oxygens (including phenoxy) is 1. The molecule has 0 bridgehead atoms. The second-order valence-electron chi connectivity index (χ2n) is 5.27. The lowest BCUT2D eigenvalue weighted by Gasteiger charge is -2.26. The molecular weight excluding hydrogens is 256 g/mol. The quantitative estimate of drug-likeness (QED) is 0.822. The second kappa shape index (κ2) is 5.63. The number of esters is 1. The van der Waals surface area contributed by atoms with Crippen LogP contribution in [0.25, 0.3) is 0 Å². The zero-order valence-electron chi connectivity index (χ0n) is 11.8. The summed E-state index contributed by atoms with van der Waals surface area (Å²) < 4.78 is 4.69. The molecule has 108 valence electrons. The molecule has 0 aliphatic carbocycles. The Hall–Kier alpha value is -1.88. The van der Waals surface area contributed by atoms with Gasteiger partial charge in [0, 0.05) is 6.54 Å². The van der Waals surface area contributed by atoms with Crippen LogP contribution in [0.4, 0.5) is 0 Å². The van der Waals surface area contributed by atoms with Crippen molar-refractivity contribution in [3.63, 3.8) is 0 Å². The third kappa shape index (κ3) is 2.67. The molecule has 0 saturated carbocycles. The molecule has 1 aromatic carbocycles. The largest absolute Gasteiger partial charge is 0.467 e. The van der Waals surface area contributed by atoms with Crippen molar-refractivity contribution in [2.75, 3.05) is 13.7 Å². The minimum absolute atomic E-state index is 0.181. The van der Waals surface area contributed by atoms with Crippen molar-refractivity contribution >= 4 is 11.9 Å². The number of nitrogens with two attached hydrogens (primary N) is 1. The number of rotatable bonds is 4. The van der Waals surface area contributed by atoms with E-state index in [9.17, 15) is 9.59 Å². The van der Waals surface area contributed by atoms with Crippen LogP contribution in [-0.4, -0.2) is 42.0 Å². The van der Waals surface area contributed by atoms with E-state index in [1.807, 2.05) is 30.3 Å². The highest BCUT2D eigenvalue weighted by molar-refractivity contribution is 5.92. The number of amides is 1. The molecule has 1 aliphatic heterocycles. The van der Waals surface area contributed by atoms with Gasteiger partial charge in [-0.2, -0.15) is 0 Å². The summed E-state index contributed by atoms with van der Waals surface area (Å²) in [6.07, 6.45) is 1.03. The van der Waals surface area contributed by atoms with Crippen LogP contribution >= 0.6 is 0 Å². The van der Waals surface area contributed by atoms with Gasteiger partial charge < -0.3 is 15.4 Å². The van der Waals surface area contributed by atoms with Crippen molar-refractivity contribution in [3.8, 4) is 0 Å². The molecule has 1 aliphatic rings. The number of hydrogen-bond donors (Lipinski definition) is 1. The first-order valence-electron chi connectivity index (χ1n) is 6.69. The third-order valence-corrected chi connectivity index (χ3v) is 3.86. The van der Waals surface area contributed by atoms with E-state index in [2.05, 4.69) is 4.74 Å². The maximum Gasteiger partial charge on any atom is 0.328 e. The molecule has 5 nitrogen and oxygen atoms in total. The van der Waals surface area contributed by atoms with Crippen molar-refractivity contribution in [3.05, 3.63) is 35.9 Å². The van der Waals surface area contributed by atoms with Crippen LogP contribution in [0.5, 0.6) is 0 Å². The van der Waals surface area contributed by atoms with Crippen molar-refractivity contribution < 1.29 is 14.3 Å². The highest BCUT2D eigenvalue weighted by atomic mass is 16.5. The van der Waals surface area contributed by atoms with E-state index in [4.69, 9.17) is 5.73 Å². The Morgan fingerprint density at radius 1 is 1.45 bits per heavy atom. The lowest BCUT2D eigenvalue weighted by atomic mass is 9.90. The zero-order chi connectivity index (χ0) is 14.8. The van der Waals surface area contributed by atoms with Gasteiger partial charge in [0.1, 0.15) is 11.6 Å². The summed E-state index contributed by atoms with van der Waals surface area (Å²) in [5.41, 5.74) is 6.36. The van der Waals surface area contributed by atoms with E-state index in [-0.39, 0.29) is 5.91 Å². The van der Waals surface area contributed by atoms with Crippen LogP contribution < -0.4 is 5.73 Å². The van der Waals surface area contributed by atoms with Crippen LogP contribution in [0.15, 0.2) is 30.3 Å². The molecule has 0 aromatic heterocycles. The summed E-state index contributed by atoms with van der Waals surface area (Å²) in [5, 5.41) is 0. The average molecular weight is 276 g/mol. The van der Waals surface area contributed by atoms with Gasteiger partial charge >= 0.3 is 5.97 Å². The fourth-order valence-corrected chi connectivity index (χ4v) is 2.61. The number of likely N-dealkylation sites (tertiary alicyclic amines) is 1. The van der Waals surface area contributed by atoms with Gasteiger partial charge in [0.05, 0.1) is 7.11 Å². The first-order chi connectivity index (χ1) is 9.48. The molecule has 5 heteroatoms. The third-order valence-electron chi connectivity index (χ3n) is 3.86. The summed E-state index contributed by atoms with van der Waals surface area (Å²) in [6, 6.07) is 9.09. The smallest absolute Gasteiger partial charge is 0.328 e. The van der Waals surface area contributed by atoms with E-state index in [0.717, 1.165) is 5.56 Å². The summed E-state index contributed by atoms with van der Waals surface area (Å²) >= 11 is 0. The normalized spacial score (nSPS) is 23.8.